The van der Waals surface area contributed by atoms with Crippen molar-refractivity contribution in [3.8, 4) is 0 Å². The molecule has 0 aromatic carbocycles. The van der Waals surface area contributed by atoms with Gasteiger partial charge in [-0.2, -0.15) is 0 Å². The van der Waals surface area contributed by atoms with Crippen LogP contribution in [0.2, 0.25) is 0 Å². The number of anilines is 2. The molecule has 0 amide bonds. The molecule has 0 unspecified atom stereocenters. The van der Waals surface area contributed by atoms with Crippen LogP contribution in [-0.4, -0.2) is 34.3 Å². The second-order valence-corrected chi connectivity index (χ2v) is 5.11. The SMILES string of the molecule is NNc1cc(N2CCC(O)CC2)nc(C2CC2)n1. The van der Waals surface area contributed by atoms with Crippen molar-refractivity contribution in [2.75, 3.05) is 23.4 Å². The minimum atomic E-state index is -0.168. The predicted molar refractivity (Wildman–Crippen MR) is 69.3 cm³/mol. The molecule has 1 saturated heterocycles. The highest BCUT2D eigenvalue weighted by Gasteiger charge is 2.28. The second-order valence-electron chi connectivity index (χ2n) is 5.11. The van der Waals surface area contributed by atoms with Gasteiger partial charge in [-0.1, -0.05) is 0 Å². The van der Waals surface area contributed by atoms with Gasteiger partial charge in [0.15, 0.2) is 0 Å². The Balaban J connectivity index is 1.83. The summed E-state index contributed by atoms with van der Waals surface area (Å²) in [5.74, 6) is 8.46. The molecule has 1 aromatic rings. The van der Waals surface area contributed by atoms with E-state index >= 15 is 0 Å². The molecular weight excluding hydrogens is 230 g/mol. The maximum Gasteiger partial charge on any atom is 0.145 e. The summed E-state index contributed by atoms with van der Waals surface area (Å²) < 4.78 is 0. The van der Waals surface area contributed by atoms with Crippen molar-refractivity contribution in [1.82, 2.24) is 9.97 Å². The Morgan fingerprint density at radius 1 is 1.22 bits per heavy atom. The lowest BCUT2D eigenvalue weighted by Gasteiger charge is -2.30. The Morgan fingerprint density at radius 3 is 2.56 bits per heavy atom. The highest BCUT2D eigenvalue weighted by Crippen LogP contribution is 2.39. The number of aromatic nitrogens is 2. The number of piperidine rings is 1. The van der Waals surface area contributed by atoms with Crippen LogP contribution in [-0.2, 0) is 0 Å². The lowest BCUT2D eigenvalue weighted by Crippen LogP contribution is -2.36. The molecule has 2 aliphatic rings. The summed E-state index contributed by atoms with van der Waals surface area (Å²) in [5.41, 5.74) is 2.61. The van der Waals surface area contributed by atoms with Crippen LogP contribution in [0.4, 0.5) is 11.6 Å². The molecule has 3 rings (SSSR count). The minimum absolute atomic E-state index is 0.168. The zero-order valence-electron chi connectivity index (χ0n) is 10.3. The molecule has 0 radical (unpaired) electrons. The molecule has 4 N–H and O–H groups in total. The number of hydrazine groups is 1. The van der Waals surface area contributed by atoms with Gasteiger partial charge >= 0.3 is 0 Å². The van der Waals surface area contributed by atoms with Crippen LogP contribution < -0.4 is 16.2 Å². The largest absolute Gasteiger partial charge is 0.393 e. The fraction of sp³-hybridized carbons (Fsp3) is 0.667. The lowest BCUT2D eigenvalue weighted by molar-refractivity contribution is 0.145. The number of nitrogens with two attached hydrogens (primary N) is 1. The Labute approximate surface area is 106 Å². The number of nitrogens with zero attached hydrogens (tertiary/aromatic N) is 3. The molecule has 6 heteroatoms. The average Bonchev–Trinajstić information content (AvgIpc) is 3.23. The number of nitrogen functional groups attached to an aromatic ring is 1. The van der Waals surface area contributed by atoms with E-state index in [9.17, 15) is 5.11 Å². The third-order valence-corrected chi connectivity index (χ3v) is 3.61. The third-order valence-electron chi connectivity index (χ3n) is 3.61. The van der Waals surface area contributed by atoms with Gasteiger partial charge < -0.3 is 15.4 Å². The van der Waals surface area contributed by atoms with E-state index in [1.165, 1.54) is 12.8 Å². The van der Waals surface area contributed by atoms with Crippen LogP contribution in [0.25, 0.3) is 0 Å². The third kappa shape index (κ3) is 2.39. The molecule has 2 fully saturated rings. The fourth-order valence-corrected chi connectivity index (χ4v) is 2.31. The maximum atomic E-state index is 9.54. The molecule has 1 saturated carbocycles. The van der Waals surface area contributed by atoms with Gasteiger partial charge in [-0.3, -0.25) is 0 Å². The number of hydrogen-bond donors (Lipinski definition) is 3. The second kappa shape index (κ2) is 4.70. The van der Waals surface area contributed by atoms with Gasteiger partial charge in [-0.25, -0.2) is 15.8 Å². The number of nitrogens with one attached hydrogen (secondary N) is 1. The first kappa shape index (κ1) is 11.7. The Morgan fingerprint density at radius 2 is 1.94 bits per heavy atom. The van der Waals surface area contributed by atoms with E-state index in [0.717, 1.165) is 37.6 Å². The normalized spacial score (nSPS) is 21.1. The molecule has 2 heterocycles. The summed E-state index contributed by atoms with van der Waals surface area (Å²) >= 11 is 0. The van der Waals surface area contributed by atoms with Crippen molar-refractivity contribution in [1.29, 1.82) is 0 Å². The quantitative estimate of drug-likeness (QED) is 0.537. The molecule has 1 aromatic heterocycles. The fourth-order valence-electron chi connectivity index (χ4n) is 2.31. The number of rotatable bonds is 3. The van der Waals surface area contributed by atoms with Gasteiger partial charge in [-0.15, -0.1) is 0 Å². The summed E-state index contributed by atoms with van der Waals surface area (Å²) in [5, 5.41) is 9.54. The first-order chi connectivity index (χ1) is 8.76. The molecule has 18 heavy (non-hydrogen) atoms. The molecule has 0 spiro atoms. The van der Waals surface area contributed by atoms with Gasteiger partial charge in [0.25, 0.3) is 0 Å². The first-order valence-corrected chi connectivity index (χ1v) is 6.55. The number of hydrogen-bond acceptors (Lipinski definition) is 6. The Hall–Kier alpha value is -1.40. The first-order valence-electron chi connectivity index (χ1n) is 6.55. The monoisotopic (exact) mass is 249 g/mol. The topological polar surface area (TPSA) is 87.3 Å². The summed E-state index contributed by atoms with van der Waals surface area (Å²) in [6.07, 6.45) is 3.78. The summed E-state index contributed by atoms with van der Waals surface area (Å²) in [4.78, 5) is 11.2. The predicted octanol–water partition coefficient (Wildman–Crippen LogP) is 0.601. The van der Waals surface area contributed by atoms with Gasteiger partial charge in [0, 0.05) is 25.1 Å². The van der Waals surface area contributed by atoms with Crippen LogP contribution >= 0.6 is 0 Å². The van der Waals surface area contributed by atoms with Gasteiger partial charge in [0.2, 0.25) is 0 Å². The van der Waals surface area contributed by atoms with Crippen molar-refractivity contribution in [3.05, 3.63) is 11.9 Å². The molecule has 98 valence electrons. The van der Waals surface area contributed by atoms with E-state index in [4.69, 9.17) is 5.84 Å². The van der Waals surface area contributed by atoms with E-state index in [0.29, 0.717) is 11.7 Å². The zero-order valence-corrected chi connectivity index (χ0v) is 10.3. The van der Waals surface area contributed by atoms with Crippen LogP contribution in [0.3, 0.4) is 0 Å². The summed E-state index contributed by atoms with van der Waals surface area (Å²) in [7, 11) is 0. The van der Waals surface area contributed by atoms with E-state index < -0.39 is 0 Å². The smallest absolute Gasteiger partial charge is 0.145 e. The van der Waals surface area contributed by atoms with E-state index in [-0.39, 0.29) is 6.10 Å². The van der Waals surface area contributed by atoms with E-state index in [2.05, 4.69) is 20.3 Å². The van der Waals surface area contributed by atoms with E-state index in [1.54, 1.807) is 0 Å². The Bertz CT molecular complexity index is 426. The Kier molecular flexibility index (Phi) is 3.05. The standard InChI is InChI=1S/C12H19N5O/c13-16-10-7-11(15-12(14-10)8-1-2-8)17-5-3-9(18)4-6-17/h7-9,18H,1-6,13H2,(H,14,15,16). The van der Waals surface area contributed by atoms with Crippen LogP contribution in [0.1, 0.15) is 37.4 Å². The van der Waals surface area contributed by atoms with Crippen LogP contribution in [0.5, 0.6) is 0 Å². The maximum absolute atomic E-state index is 9.54. The van der Waals surface area contributed by atoms with Crippen molar-refractivity contribution in [2.24, 2.45) is 5.84 Å². The van der Waals surface area contributed by atoms with Crippen LogP contribution in [0.15, 0.2) is 6.07 Å². The van der Waals surface area contributed by atoms with Crippen LogP contribution in [0, 0.1) is 0 Å². The minimum Gasteiger partial charge on any atom is -0.393 e. The highest BCUT2D eigenvalue weighted by molar-refractivity contribution is 5.49. The zero-order chi connectivity index (χ0) is 12.5. The summed E-state index contributed by atoms with van der Waals surface area (Å²) in [6.45, 7) is 1.68. The van der Waals surface area contributed by atoms with Crippen molar-refractivity contribution >= 4 is 11.6 Å². The molecule has 1 aliphatic carbocycles. The molecule has 0 atom stereocenters. The number of aliphatic hydroxyl groups is 1. The summed E-state index contributed by atoms with van der Waals surface area (Å²) in [6, 6.07) is 1.88. The number of aliphatic hydroxyl groups excluding tert-OH is 1. The molecule has 6 nitrogen and oxygen atoms in total. The lowest BCUT2D eigenvalue weighted by atomic mass is 10.1. The van der Waals surface area contributed by atoms with E-state index in [1.807, 2.05) is 6.07 Å². The highest BCUT2D eigenvalue weighted by atomic mass is 16.3. The average molecular weight is 249 g/mol. The van der Waals surface area contributed by atoms with Crippen molar-refractivity contribution in [2.45, 2.75) is 37.7 Å². The molecular formula is C12H19N5O. The van der Waals surface area contributed by atoms with Crippen molar-refractivity contribution in [3.63, 3.8) is 0 Å². The van der Waals surface area contributed by atoms with Gasteiger partial charge in [0.1, 0.15) is 17.5 Å². The van der Waals surface area contributed by atoms with Crippen molar-refractivity contribution < 1.29 is 5.11 Å². The van der Waals surface area contributed by atoms with Gasteiger partial charge in [0.05, 0.1) is 6.10 Å². The van der Waals surface area contributed by atoms with Gasteiger partial charge in [-0.05, 0) is 25.7 Å². The molecule has 0 bridgehead atoms. The molecule has 1 aliphatic heterocycles.